The Balaban J connectivity index is 1.70. The van der Waals surface area contributed by atoms with Gasteiger partial charge in [-0.1, -0.05) is 48.5 Å². The Labute approximate surface area is 182 Å². The van der Waals surface area contributed by atoms with E-state index in [4.69, 9.17) is 9.47 Å². The van der Waals surface area contributed by atoms with Gasteiger partial charge in [-0.2, -0.15) is 0 Å². The highest BCUT2D eigenvalue weighted by molar-refractivity contribution is 5.93. The van der Waals surface area contributed by atoms with Gasteiger partial charge in [0.25, 0.3) is 11.5 Å². The van der Waals surface area contributed by atoms with Crippen LogP contribution in [-0.4, -0.2) is 39.1 Å². The molecule has 2 aromatic carbocycles. The third-order valence-corrected chi connectivity index (χ3v) is 5.08. The van der Waals surface area contributed by atoms with E-state index in [1.165, 1.54) is 10.9 Å². The van der Waals surface area contributed by atoms with Gasteiger partial charge in [0, 0.05) is 12.5 Å². The van der Waals surface area contributed by atoms with Crippen LogP contribution in [0.4, 0.5) is 0 Å². The molecule has 1 aliphatic rings. The lowest BCUT2D eigenvalue weighted by atomic mass is 9.85. The quantitative estimate of drug-likeness (QED) is 0.499. The molecule has 0 bridgehead atoms. The molecule has 1 unspecified atom stereocenters. The van der Waals surface area contributed by atoms with Crippen molar-refractivity contribution in [2.75, 3.05) is 6.79 Å². The standard InChI is InChI=1S/C23H21N3O6/c27-20-11-18(25-26(20)17-9-5-2-6-10-17)22(30)24-23(13-21(28)29,19-14-31-15-32-19)12-16-7-3-1-4-8-16/h1-11,14,25H,12-13,15H2,(H,24,30)(H,28,29). The first-order valence-electron chi connectivity index (χ1n) is 9.88. The summed E-state index contributed by atoms with van der Waals surface area (Å²) in [5.41, 5.74) is -0.505. The highest BCUT2D eigenvalue weighted by atomic mass is 16.7. The summed E-state index contributed by atoms with van der Waals surface area (Å²) in [6, 6.07) is 19.1. The Bertz CT molecular complexity index is 1200. The molecule has 3 aromatic rings. The Kier molecular flexibility index (Phi) is 5.80. The van der Waals surface area contributed by atoms with Crippen molar-refractivity contribution < 1.29 is 24.2 Å². The second-order valence-corrected chi connectivity index (χ2v) is 7.36. The summed E-state index contributed by atoms with van der Waals surface area (Å²) < 4.78 is 11.9. The Morgan fingerprint density at radius 3 is 2.41 bits per heavy atom. The van der Waals surface area contributed by atoms with Gasteiger partial charge in [-0.3, -0.25) is 19.5 Å². The van der Waals surface area contributed by atoms with Crippen LogP contribution in [0.15, 0.2) is 83.5 Å². The third-order valence-electron chi connectivity index (χ3n) is 5.08. The predicted octanol–water partition coefficient (Wildman–Crippen LogP) is 2.20. The number of ether oxygens (including phenoxy) is 2. The smallest absolute Gasteiger partial charge is 0.306 e. The predicted molar refractivity (Wildman–Crippen MR) is 114 cm³/mol. The maximum Gasteiger partial charge on any atom is 0.306 e. The molecule has 1 aromatic heterocycles. The number of carboxylic acid groups (broad SMARTS) is 1. The summed E-state index contributed by atoms with van der Waals surface area (Å²) in [5.74, 6) is -1.58. The lowest BCUT2D eigenvalue weighted by Crippen LogP contribution is -2.53. The number of nitrogens with one attached hydrogen (secondary N) is 2. The monoisotopic (exact) mass is 435 g/mol. The van der Waals surface area contributed by atoms with Crippen LogP contribution in [0.25, 0.3) is 5.69 Å². The first-order chi connectivity index (χ1) is 15.5. The number of H-pyrrole nitrogens is 1. The molecule has 0 spiro atoms. The lowest BCUT2D eigenvalue weighted by molar-refractivity contribution is -0.138. The van der Waals surface area contributed by atoms with Gasteiger partial charge in [0.1, 0.15) is 17.5 Å². The fourth-order valence-corrected chi connectivity index (χ4v) is 3.65. The summed E-state index contributed by atoms with van der Waals surface area (Å²) in [4.78, 5) is 37.4. The van der Waals surface area contributed by atoms with Gasteiger partial charge in [0.2, 0.25) is 6.79 Å². The highest BCUT2D eigenvalue weighted by Crippen LogP contribution is 2.30. The molecule has 4 rings (SSSR count). The van der Waals surface area contributed by atoms with Crippen molar-refractivity contribution in [1.82, 2.24) is 15.1 Å². The number of benzene rings is 2. The molecule has 9 nitrogen and oxygen atoms in total. The van der Waals surface area contributed by atoms with Crippen molar-refractivity contribution in [2.45, 2.75) is 18.4 Å². The molecule has 0 saturated carbocycles. The van der Waals surface area contributed by atoms with E-state index in [1.54, 1.807) is 24.3 Å². The summed E-state index contributed by atoms with van der Waals surface area (Å²) in [7, 11) is 0. The summed E-state index contributed by atoms with van der Waals surface area (Å²) >= 11 is 0. The number of nitrogens with zero attached hydrogens (tertiary/aromatic N) is 1. The molecule has 2 heterocycles. The van der Waals surface area contributed by atoms with Crippen LogP contribution in [0.5, 0.6) is 0 Å². The van der Waals surface area contributed by atoms with Crippen molar-refractivity contribution in [3.05, 3.63) is 100 Å². The topological polar surface area (TPSA) is 123 Å². The SMILES string of the molecule is O=C(O)CC(Cc1ccccc1)(NC(=O)c1cc(=O)n(-c2ccccc2)[nH]1)C1=COCO1. The molecule has 3 N–H and O–H groups in total. The second-order valence-electron chi connectivity index (χ2n) is 7.36. The molecule has 1 amide bonds. The number of aromatic amines is 1. The van der Waals surface area contributed by atoms with Crippen molar-refractivity contribution in [2.24, 2.45) is 0 Å². The van der Waals surface area contributed by atoms with E-state index in [0.717, 1.165) is 11.6 Å². The minimum Gasteiger partial charge on any atom is -0.481 e. The van der Waals surface area contributed by atoms with E-state index in [9.17, 15) is 19.5 Å². The number of carbonyl (C=O) groups is 2. The fraction of sp³-hybridized carbons (Fsp3) is 0.174. The van der Waals surface area contributed by atoms with E-state index in [-0.39, 0.29) is 24.7 Å². The zero-order valence-electron chi connectivity index (χ0n) is 17.0. The molecule has 0 radical (unpaired) electrons. The first kappa shape index (κ1) is 21.0. The van der Waals surface area contributed by atoms with Gasteiger partial charge < -0.3 is 19.9 Å². The zero-order valence-corrected chi connectivity index (χ0v) is 17.0. The van der Waals surface area contributed by atoms with Crippen molar-refractivity contribution in [3.8, 4) is 5.69 Å². The van der Waals surface area contributed by atoms with E-state index in [2.05, 4.69) is 10.4 Å². The zero-order chi connectivity index (χ0) is 22.6. The molecule has 164 valence electrons. The van der Waals surface area contributed by atoms with E-state index >= 15 is 0 Å². The van der Waals surface area contributed by atoms with Gasteiger partial charge in [-0.05, 0) is 17.7 Å². The number of rotatable bonds is 8. The molecule has 32 heavy (non-hydrogen) atoms. The van der Waals surface area contributed by atoms with Crippen LogP contribution in [0.3, 0.4) is 0 Å². The number of hydrogen-bond donors (Lipinski definition) is 3. The first-order valence-corrected chi connectivity index (χ1v) is 9.88. The summed E-state index contributed by atoms with van der Waals surface area (Å²) in [6.45, 7) is -0.0808. The average molecular weight is 435 g/mol. The van der Waals surface area contributed by atoms with Crippen LogP contribution in [0, 0.1) is 0 Å². The largest absolute Gasteiger partial charge is 0.481 e. The van der Waals surface area contributed by atoms with E-state index < -0.39 is 29.4 Å². The molecule has 9 heteroatoms. The van der Waals surface area contributed by atoms with Gasteiger partial charge in [0.15, 0.2) is 5.76 Å². The van der Waals surface area contributed by atoms with Crippen molar-refractivity contribution >= 4 is 11.9 Å². The third kappa shape index (κ3) is 4.41. The molecule has 0 saturated heterocycles. The number of carboxylic acids is 1. The average Bonchev–Trinajstić information content (AvgIpc) is 3.45. The Morgan fingerprint density at radius 2 is 1.78 bits per heavy atom. The number of para-hydroxylation sites is 1. The van der Waals surface area contributed by atoms with Gasteiger partial charge >= 0.3 is 5.97 Å². The number of aliphatic carboxylic acids is 1. The lowest BCUT2D eigenvalue weighted by Gasteiger charge is -2.33. The van der Waals surface area contributed by atoms with E-state index in [0.29, 0.717) is 5.69 Å². The molecular weight excluding hydrogens is 414 g/mol. The maximum atomic E-state index is 13.2. The van der Waals surface area contributed by atoms with E-state index in [1.807, 2.05) is 36.4 Å². The van der Waals surface area contributed by atoms with Gasteiger partial charge in [-0.25, -0.2) is 4.68 Å². The number of hydrogen-bond acceptors (Lipinski definition) is 5. The number of carbonyl (C=O) groups excluding carboxylic acids is 1. The Hall–Kier alpha value is -4.27. The van der Waals surface area contributed by atoms with Crippen LogP contribution >= 0.6 is 0 Å². The fourth-order valence-electron chi connectivity index (χ4n) is 3.65. The molecule has 0 aliphatic carbocycles. The highest BCUT2D eigenvalue weighted by Gasteiger charge is 2.42. The van der Waals surface area contributed by atoms with Crippen LogP contribution in [0.2, 0.25) is 0 Å². The number of amides is 1. The van der Waals surface area contributed by atoms with Crippen molar-refractivity contribution in [1.29, 1.82) is 0 Å². The van der Waals surface area contributed by atoms with Crippen LogP contribution < -0.4 is 10.9 Å². The molecule has 0 fully saturated rings. The minimum atomic E-state index is -1.42. The Morgan fingerprint density at radius 1 is 1.09 bits per heavy atom. The van der Waals surface area contributed by atoms with Crippen LogP contribution in [-0.2, 0) is 20.7 Å². The maximum absolute atomic E-state index is 13.2. The van der Waals surface area contributed by atoms with Crippen LogP contribution in [0.1, 0.15) is 22.5 Å². The summed E-state index contributed by atoms with van der Waals surface area (Å²) in [5, 5.41) is 15.2. The normalized spacial score (nSPS) is 14.6. The van der Waals surface area contributed by atoms with Gasteiger partial charge in [-0.15, -0.1) is 0 Å². The molecule has 1 aliphatic heterocycles. The minimum absolute atomic E-state index is 0.0128. The van der Waals surface area contributed by atoms with Gasteiger partial charge in [0.05, 0.1) is 12.1 Å². The second kappa shape index (κ2) is 8.84. The summed E-state index contributed by atoms with van der Waals surface area (Å²) in [6.07, 6.45) is 1.00. The number of aromatic nitrogens is 2. The van der Waals surface area contributed by atoms with Crippen molar-refractivity contribution in [3.63, 3.8) is 0 Å². The molecular formula is C23H21N3O6. The molecule has 1 atom stereocenters.